The Balaban J connectivity index is 2.29. The molecule has 1 fully saturated rings. The molecule has 0 aliphatic heterocycles. The van der Waals surface area contributed by atoms with E-state index >= 15 is 0 Å². The van der Waals surface area contributed by atoms with Crippen LogP contribution in [0.15, 0.2) is 0 Å². The van der Waals surface area contributed by atoms with E-state index in [1.807, 2.05) is 0 Å². The summed E-state index contributed by atoms with van der Waals surface area (Å²) in [4.78, 5) is 0. The zero-order chi connectivity index (χ0) is 9.57. The Kier molecular flexibility index (Phi) is 5.16. The zero-order valence-corrected chi connectivity index (χ0v) is 9.70. The molecule has 0 atom stereocenters. The van der Waals surface area contributed by atoms with Gasteiger partial charge in [-0.2, -0.15) is 0 Å². The molecule has 0 N–H and O–H groups in total. The van der Waals surface area contributed by atoms with Gasteiger partial charge in [0, 0.05) is 5.88 Å². The van der Waals surface area contributed by atoms with Crippen molar-refractivity contribution in [1.82, 2.24) is 0 Å². The summed E-state index contributed by atoms with van der Waals surface area (Å²) in [6, 6.07) is 0. The summed E-state index contributed by atoms with van der Waals surface area (Å²) in [6.07, 6.45) is 12.5. The standard InChI is InChI=1S/C12H23Cl/c1-2-3-5-8-12(11-13)9-6-4-7-10-12/h2-11H2,1H3. The molecule has 1 aliphatic rings. The van der Waals surface area contributed by atoms with Gasteiger partial charge in [0.2, 0.25) is 0 Å². The van der Waals surface area contributed by atoms with Crippen molar-refractivity contribution in [1.29, 1.82) is 0 Å². The van der Waals surface area contributed by atoms with Crippen molar-refractivity contribution in [3.05, 3.63) is 0 Å². The minimum absolute atomic E-state index is 0.537. The van der Waals surface area contributed by atoms with E-state index in [0.717, 1.165) is 5.88 Å². The molecule has 78 valence electrons. The predicted octanol–water partition coefficient (Wildman–Crippen LogP) is 4.76. The molecule has 0 unspecified atom stereocenters. The van der Waals surface area contributed by atoms with E-state index in [-0.39, 0.29) is 0 Å². The van der Waals surface area contributed by atoms with Crippen molar-refractivity contribution in [2.45, 2.75) is 64.7 Å². The van der Waals surface area contributed by atoms with Crippen LogP contribution in [0.2, 0.25) is 0 Å². The summed E-state index contributed by atoms with van der Waals surface area (Å²) in [6.45, 7) is 2.27. The van der Waals surface area contributed by atoms with Crippen molar-refractivity contribution in [3.8, 4) is 0 Å². The number of hydrogen-bond acceptors (Lipinski definition) is 0. The lowest BCUT2D eigenvalue weighted by atomic mass is 9.72. The van der Waals surface area contributed by atoms with Gasteiger partial charge in [0.25, 0.3) is 0 Å². The first-order valence-corrected chi connectivity index (χ1v) is 6.42. The highest BCUT2D eigenvalue weighted by Gasteiger charge is 2.30. The lowest BCUT2D eigenvalue weighted by Gasteiger charge is -2.35. The van der Waals surface area contributed by atoms with Crippen molar-refractivity contribution < 1.29 is 0 Å². The van der Waals surface area contributed by atoms with Crippen LogP contribution in [0.5, 0.6) is 0 Å². The lowest BCUT2D eigenvalue weighted by Crippen LogP contribution is -2.25. The topological polar surface area (TPSA) is 0 Å². The second-order valence-corrected chi connectivity index (χ2v) is 4.92. The Morgan fingerprint density at radius 2 is 1.77 bits per heavy atom. The predicted molar refractivity (Wildman–Crippen MR) is 60.4 cm³/mol. The fraction of sp³-hybridized carbons (Fsp3) is 1.00. The van der Waals surface area contributed by atoms with E-state index < -0.39 is 0 Å². The monoisotopic (exact) mass is 202 g/mol. The third kappa shape index (κ3) is 3.50. The quantitative estimate of drug-likeness (QED) is 0.446. The van der Waals surface area contributed by atoms with Crippen molar-refractivity contribution >= 4 is 11.6 Å². The van der Waals surface area contributed by atoms with Gasteiger partial charge < -0.3 is 0 Å². The second-order valence-electron chi connectivity index (χ2n) is 4.65. The molecule has 0 nitrogen and oxygen atoms in total. The van der Waals surface area contributed by atoms with Crippen LogP contribution in [0.25, 0.3) is 0 Å². The molecule has 0 heterocycles. The molecule has 1 saturated carbocycles. The fourth-order valence-corrected chi connectivity index (χ4v) is 2.90. The van der Waals surface area contributed by atoms with Gasteiger partial charge in [-0.25, -0.2) is 0 Å². The highest BCUT2D eigenvalue weighted by Crippen LogP contribution is 2.41. The van der Waals surface area contributed by atoms with E-state index in [4.69, 9.17) is 11.6 Å². The molecule has 0 bridgehead atoms. The maximum absolute atomic E-state index is 6.12. The van der Waals surface area contributed by atoms with Crippen LogP contribution in [-0.4, -0.2) is 5.88 Å². The Hall–Kier alpha value is 0.290. The van der Waals surface area contributed by atoms with Crippen LogP contribution in [0.3, 0.4) is 0 Å². The van der Waals surface area contributed by atoms with Crippen molar-refractivity contribution in [3.63, 3.8) is 0 Å². The third-order valence-electron chi connectivity index (χ3n) is 3.51. The zero-order valence-electron chi connectivity index (χ0n) is 8.95. The Morgan fingerprint density at radius 3 is 2.31 bits per heavy atom. The maximum Gasteiger partial charge on any atom is 0.0279 e. The molecule has 0 aromatic rings. The van der Waals surface area contributed by atoms with Gasteiger partial charge in [-0.1, -0.05) is 45.4 Å². The van der Waals surface area contributed by atoms with Gasteiger partial charge in [-0.15, -0.1) is 11.6 Å². The average Bonchev–Trinajstić information content (AvgIpc) is 2.20. The lowest BCUT2D eigenvalue weighted by molar-refractivity contribution is 0.197. The smallest absolute Gasteiger partial charge is 0.0279 e. The summed E-state index contributed by atoms with van der Waals surface area (Å²) < 4.78 is 0. The summed E-state index contributed by atoms with van der Waals surface area (Å²) in [7, 11) is 0. The van der Waals surface area contributed by atoms with Gasteiger partial charge in [0.15, 0.2) is 0 Å². The molecule has 0 spiro atoms. The molecule has 0 radical (unpaired) electrons. The van der Waals surface area contributed by atoms with Crippen LogP contribution in [0, 0.1) is 5.41 Å². The van der Waals surface area contributed by atoms with E-state index in [2.05, 4.69) is 6.92 Å². The summed E-state index contributed by atoms with van der Waals surface area (Å²) in [5.74, 6) is 0.900. The van der Waals surface area contributed by atoms with Crippen molar-refractivity contribution in [2.75, 3.05) is 5.88 Å². The van der Waals surface area contributed by atoms with Crippen molar-refractivity contribution in [2.24, 2.45) is 5.41 Å². The van der Waals surface area contributed by atoms with Gasteiger partial charge in [-0.3, -0.25) is 0 Å². The van der Waals surface area contributed by atoms with E-state index in [9.17, 15) is 0 Å². The Morgan fingerprint density at radius 1 is 1.08 bits per heavy atom. The molecule has 0 amide bonds. The SMILES string of the molecule is CCCCCC1(CCl)CCCCC1. The Labute approximate surface area is 88.1 Å². The number of unbranched alkanes of at least 4 members (excludes halogenated alkanes) is 2. The van der Waals surface area contributed by atoms with Gasteiger partial charge in [0.1, 0.15) is 0 Å². The molecule has 0 saturated heterocycles. The molecular formula is C12H23Cl. The number of rotatable bonds is 5. The highest BCUT2D eigenvalue weighted by molar-refractivity contribution is 6.18. The summed E-state index contributed by atoms with van der Waals surface area (Å²) >= 11 is 6.12. The van der Waals surface area contributed by atoms with Crippen LogP contribution in [0.1, 0.15) is 64.7 Å². The second kappa shape index (κ2) is 5.90. The van der Waals surface area contributed by atoms with Crippen LogP contribution < -0.4 is 0 Å². The van der Waals surface area contributed by atoms with Crippen LogP contribution >= 0.6 is 11.6 Å². The third-order valence-corrected chi connectivity index (χ3v) is 4.08. The first kappa shape index (κ1) is 11.4. The number of halogens is 1. The first-order valence-electron chi connectivity index (χ1n) is 5.89. The maximum atomic E-state index is 6.12. The minimum Gasteiger partial charge on any atom is -0.126 e. The van der Waals surface area contributed by atoms with Gasteiger partial charge in [0.05, 0.1) is 0 Å². The van der Waals surface area contributed by atoms with E-state index in [0.29, 0.717) is 5.41 Å². The Bertz CT molecular complexity index is 125. The summed E-state index contributed by atoms with van der Waals surface area (Å²) in [5, 5.41) is 0. The molecule has 0 aromatic heterocycles. The first-order chi connectivity index (χ1) is 6.33. The van der Waals surface area contributed by atoms with Crippen LogP contribution in [-0.2, 0) is 0 Å². The molecule has 0 aromatic carbocycles. The van der Waals surface area contributed by atoms with Crippen LogP contribution in [0.4, 0.5) is 0 Å². The summed E-state index contributed by atoms with van der Waals surface area (Å²) in [5.41, 5.74) is 0.537. The van der Waals surface area contributed by atoms with E-state index in [1.54, 1.807) is 0 Å². The number of hydrogen-bond donors (Lipinski definition) is 0. The van der Waals surface area contributed by atoms with Gasteiger partial charge >= 0.3 is 0 Å². The molecule has 1 rings (SSSR count). The average molecular weight is 203 g/mol. The van der Waals surface area contributed by atoms with E-state index in [1.165, 1.54) is 57.8 Å². The largest absolute Gasteiger partial charge is 0.126 e. The molecule has 1 heteroatoms. The molecule has 1 aliphatic carbocycles. The number of alkyl halides is 1. The highest BCUT2D eigenvalue weighted by atomic mass is 35.5. The normalized spacial score (nSPS) is 21.7. The van der Waals surface area contributed by atoms with Gasteiger partial charge in [-0.05, 0) is 24.7 Å². The molecule has 13 heavy (non-hydrogen) atoms. The molecular weight excluding hydrogens is 180 g/mol. The fourth-order valence-electron chi connectivity index (χ4n) is 2.50. The minimum atomic E-state index is 0.537.